The lowest BCUT2D eigenvalue weighted by Crippen LogP contribution is -2.48. The molecule has 1 aliphatic rings. The van der Waals surface area contributed by atoms with Crippen molar-refractivity contribution >= 4 is 19.1 Å². The molecule has 1 aromatic carbocycles. The number of allylic oxidation sites excluding steroid dienone is 1. The molecule has 2 rings (SSSR count). The van der Waals surface area contributed by atoms with E-state index >= 15 is 0 Å². The molecule has 1 aromatic rings. The van der Waals surface area contributed by atoms with Crippen LogP contribution in [0.2, 0.25) is 0 Å². The third-order valence-electron chi connectivity index (χ3n) is 4.60. The fourth-order valence-corrected chi connectivity index (χ4v) is 3.19. The molecule has 160 valence electrons. The Balaban J connectivity index is 1.91. The van der Waals surface area contributed by atoms with Crippen LogP contribution in [0.5, 0.6) is 0 Å². The Hall–Kier alpha value is -2.83. The maximum Gasteiger partial charge on any atom is 0.475 e. The van der Waals surface area contributed by atoms with Crippen molar-refractivity contribution in [2.45, 2.75) is 45.7 Å². The molecule has 0 spiro atoms. The minimum absolute atomic E-state index is 0.0685. The molecule has 0 aliphatic carbocycles. The van der Waals surface area contributed by atoms with Crippen LogP contribution in [0.15, 0.2) is 42.0 Å². The van der Waals surface area contributed by atoms with Crippen LogP contribution in [0.25, 0.3) is 0 Å². The fraction of sp³-hybridized carbons (Fsp3) is 0.476. The first-order valence-electron chi connectivity index (χ1n) is 9.88. The number of benzene rings is 1. The van der Waals surface area contributed by atoms with Crippen molar-refractivity contribution in [2.75, 3.05) is 13.1 Å². The zero-order chi connectivity index (χ0) is 22.3. The highest BCUT2D eigenvalue weighted by molar-refractivity contribution is 6.43. The average molecular weight is 413 g/mol. The van der Waals surface area contributed by atoms with Crippen LogP contribution in [0.3, 0.4) is 0 Å². The second-order valence-corrected chi connectivity index (χ2v) is 8.46. The Morgan fingerprint density at radius 3 is 2.60 bits per heavy atom. The first kappa shape index (κ1) is 23.5. The number of hydrogen-bond acceptors (Lipinski definition) is 6. The lowest BCUT2D eigenvalue weighted by Gasteiger charge is -2.20. The van der Waals surface area contributed by atoms with E-state index in [0.717, 1.165) is 5.56 Å². The molecule has 2 amide bonds. The van der Waals surface area contributed by atoms with Gasteiger partial charge in [-0.05, 0) is 17.4 Å². The standard InChI is InChI=1S/C21H28BN3O5/c1-21(2,3)12-16(13-23)19(26)25-10-9-17(14-25)30-20(27)24-18(22(28)29)11-15-7-5-4-6-8-15/h4-8,12,17-18,28-29H,9-11,14H2,1-3H3,(H,24,27)/b16-12+/t17?,18-/m0/s1. The summed E-state index contributed by atoms with van der Waals surface area (Å²) in [6, 6.07) is 11.1. The summed E-state index contributed by atoms with van der Waals surface area (Å²) in [6.45, 7) is 6.26. The molecule has 9 heteroatoms. The number of likely N-dealkylation sites (tertiary alicyclic amines) is 1. The molecule has 1 unspecified atom stereocenters. The first-order valence-corrected chi connectivity index (χ1v) is 9.88. The molecule has 0 aromatic heterocycles. The molecule has 0 saturated carbocycles. The number of alkyl carbamates (subject to hydrolysis) is 1. The highest BCUT2D eigenvalue weighted by atomic mass is 16.6. The average Bonchev–Trinajstić information content (AvgIpc) is 3.13. The van der Waals surface area contributed by atoms with Gasteiger partial charge in [-0.2, -0.15) is 5.26 Å². The van der Waals surface area contributed by atoms with Gasteiger partial charge >= 0.3 is 13.2 Å². The maximum absolute atomic E-state index is 12.6. The normalized spacial score (nSPS) is 17.8. The van der Waals surface area contributed by atoms with Gasteiger partial charge in [-0.1, -0.05) is 57.2 Å². The predicted molar refractivity (Wildman–Crippen MR) is 112 cm³/mol. The Labute approximate surface area is 177 Å². The zero-order valence-corrected chi connectivity index (χ0v) is 17.5. The highest BCUT2D eigenvalue weighted by Gasteiger charge is 2.32. The molecule has 1 fully saturated rings. The van der Waals surface area contributed by atoms with Crippen LogP contribution in [0.4, 0.5) is 4.79 Å². The number of carbonyl (C=O) groups excluding carboxylic acids is 2. The molecule has 8 nitrogen and oxygen atoms in total. The summed E-state index contributed by atoms with van der Waals surface area (Å²) in [5.74, 6) is -1.31. The van der Waals surface area contributed by atoms with E-state index < -0.39 is 25.3 Å². The number of rotatable bonds is 6. The van der Waals surface area contributed by atoms with Crippen molar-refractivity contribution in [1.29, 1.82) is 5.26 Å². The van der Waals surface area contributed by atoms with Gasteiger partial charge in [0.1, 0.15) is 17.7 Å². The van der Waals surface area contributed by atoms with Crippen molar-refractivity contribution in [2.24, 2.45) is 5.41 Å². The molecular weight excluding hydrogens is 385 g/mol. The summed E-state index contributed by atoms with van der Waals surface area (Å²) in [4.78, 5) is 26.3. The molecule has 30 heavy (non-hydrogen) atoms. The van der Waals surface area contributed by atoms with Crippen LogP contribution < -0.4 is 5.32 Å². The smallest absolute Gasteiger partial charge is 0.444 e. The van der Waals surface area contributed by atoms with Crippen molar-refractivity contribution in [3.63, 3.8) is 0 Å². The number of amides is 2. The van der Waals surface area contributed by atoms with E-state index in [0.29, 0.717) is 13.0 Å². The Bertz CT molecular complexity index is 814. The van der Waals surface area contributed by atoms with E-state index in [-0.39, 0.29) is 29.9 Å². The third-order valence-corrected chi connectivity index (χ3v) is 4.60. The number of nitrogens with zero attached hydrogens (tertiary/aromatic N) is 2. The molecule has 0 bridgehead atoms. The molecule has 1 aliphatic heterocycles. The number of nitriles is 1. The summed E-state index contributed by atoms with van der Waals surface area (Å²) < 4.78 is 5.36. The van der Waals surface area contributed by atoms with Crippen LogP contribution in [0.1, 0.15) is 32.8 Å². The van der Waals surface area contributed by atoms with Crippen molar-refractivity contribution in [1.82, 2.24) is 10.2 Å². The summed E-state index contributed by atoms with van der Waals surface area (Å²) in [5.41, 5.74) is 0.594. The molecule has 1 saturated heterocycles. The molecule has 2 atom stereocenters. The topological polar surface area (TPSA) is 123 Å². The molecule has 0 radical (unpaired) electrons. The summed E-state index contributed by atoms with van der Waals surface area (Å²) >= 11 is 0. The number of hydrogen-bond donors (Lipinski definition) is 3. The van der Waals surface area contributed by atoms with Gasteiger partial charge in [0.05, 0.1) is 12.5 Å². The SMILES string of the molecule is CC(C)(C)/C=C(\C#N)C(=O)N1CCC(OC(=O)N[C@@H](Cc2ccccc2)B(O)O)C1. The monoisotopic (exact) mass is 413 g/mol. The third kappa shape index (κ3) is 7.21. The second kappa shape index (κ2) is 10.3. The minimum atomic E-state index is -1.75. The van der Waals surface area contributed by atoms with Crippen LogP contribution in [-0.2, 0) is 16.0 Å². The summed E-state index contributed by atoms with van der Waals surface area (Å²) in [5, 5.41) is 30.9. The summed E-state index contributed by atoms with van der Waals surface area (Å²) in [6.07, 6.45) is 0.989. The largest absolute Gasteiger partial charge is 0.475 e. The lowest BCUT2D eigenvalue weighted by atomic mass is 9.76. The van der Waals surface area contributed by atoms with Crippen molar-refractivity contribution < 1.29 is 24.4 Å². The number of ether oxygens (including phenoxy) is 1. The van der Waals surface area contributed by atoms with E-state index in [1.54, 1.807) is 6.08 Å². The van der Waals surface area contributed by atoms with Crippen molar-refractivity contribution in [3.05, 3.63) is 47.5 Å². The van der Waals surface area contributed by atoms with Gasteiger partial charge < -0.3 is 25.0 Å². The van der Waals surface area contributed by atoms with Gasteiger partial charge in [-0.3, -0.25) is 4.79 Å². The Kier molecular flexibility index (Phi) is 8.04. The van der Waals surface area contributed by atoms with Crippen LogP contribution in [-0.4, -0.2) is 59.2 Å². The van der Waals surface area contributed by atoms with Gasteiger partial charge in [-0.15, -0.1) is 0 Å². The highest BCUT2D eigenvalue weighted by Crippen LogP contribution is 2.21. The maximum atomic E-state index is 12.6. The molecular formula is C21H28BN3O5. The van der Waals surface area contributed by atoms with Gasteiger partial charge in [0.2, 0.25) is 0 Å². The fourth-order valence-electron chi connectivity index (χ4n) is 3.19. The van der Waals surface area contributed by atoms with E-state index in [1.165, 1.54) is 4.90 Å². The number of carbonyl (C=O) groups is 2. The Morgan fingerprint density at radius 1 is 1.37 bits per heavy atom. The quantitative estimate of drug-likeness (QED) is 0.368. The first-order chi connectivity index (χ1) is 14.1. The van der Waals surface area contributed by atoms with Crippen LogP contribution >= 0.6 is 0 Å². The minimum Gasteiger partial charge on any atom is -0.444 e. The van der Waals surface area contributed by atoms with Gasteiger partial charge in [0, 0.05) is 13.0 Å². The Morgan fingerprint density at radius 2 is 2.03 bits per heavy atom. The van der Waals surface area contributed by atoms with Gasteiger partial charge in [0.15, 0.2) is 0 Å². The summed E-state index contributed by atoms with van der Waals surface area (Å²) in [7, 11) is -1.75. The second-order valence-electron chi connectivity index (χ2n) is 8.46. The van der Waals surface area contributed by atoms with Gasteiger partial charge in [-0.25, -0.2) is 4.79 Å². The number of nitrogens with one attached hydrogen (secondary N) is 1. The van der Waals surface area contributed by atoms with Gasteiger partial charge in [0.25, 0.3) is 5.91 Å². The van der Waals surface area contributed by atoms with E-state index in [2.05, 4.69) is 5.32 Å². The molecule has 1 heterocycles. The van der Waals surface area contributed by atoms with Crippen LogP contribution in [0, 0.1) is 16.7 Å². The zero-order valence-electron chi connectivity index (χ0n) is 17.5. The van der Waals surface area contributed by atoms with E-state index in [4.69, 9.17) is 4.74 Å². The van der Waals surface area contributed by atoms with Crippen molar-refractivity contribution in [3.8, 4) is 6.07 Å². The molecule has 3 N–H and O–H groups in total. The lowest BCUT2D eigenvalue weighted by molar-refractivity contribution is -0.126. The predicted octanol–water partition coefficient (Wildman–Crippen LogP) is 1.43. The van der Waals surface area contributed by atoms with E-state index in [1.807, 2.05) is 57.2 Å². The van der Waals surface area contributed by atoms with E-state index in [9.17, 15) is 24.9 Å².